The number of hydrogen-bond donors (Lipinski definition) is 4. The SMILES string of the molecule is CC(O)CCCNC(=O)c1cc(=O)[nH]c(=O)[nH]1. The smallest absolute Gasteiger partial charge is 0.326 e. The Morgan fingerprint density at radius 1 is 1.47 bits per heavy atom. The monoisotopic (exact) mass is 241 g/mol. The molecule has 1 aromatic heterocycles. The Morgan fingerprint density at radius 2 is 2.18 bits per heavy atom. The molecule has 1 unspecified atom stereocenters. The number of amides is 1. The summed E-state index contributed by atoms with van der Waals surface area (Å²) in [4.78, 5) is 37.5. The van der Waals surface area contributed by atoms with Crippen molar-refractivity contribution in [1.82, 2.24) is 15.3 Å². The van der Waals surface area contributed by atoms with Gasteiger partial charge in [-0.2, -0.15) is 0 Å². The van der Waals surface area contributed by atoms with Crippen LogP contribution >= 0.6 is 0 Å². The third-order valence-electron chi connectivity index (χ3n) is 2.09. The van der Waals surface area contributed by atoms with Crippen LogP contribution in [0, 0.1) is 0 Å². The second kappa shape index (κ2) is 6.00. The summed E-state index contributed by atoms with van der Waals surface area (Å²) in [6.07, 6.45) is 0.787. The van der Waals surface area contributed by atoms with Gasteiger partial charge in [-0.05, 0) is 19.8 Å². The molecule has 94 valence electrons. The Balaban J connectivity index is 2.53. The largest absolute Gasteiger partial charge is 0.393 e. The number of H-pyrrole nitrogens is 2. The van der Waals surface area contributed by atoms with Crippen LogP contribution < -0.4 is 16.6 Å². The molecule has 1 amide bonds. The van der Waals surface area contributed by atoms with Crippen LogP contribution in [-0.4, -0.2) is 33.6 Å². The highest BCUT2D eigenvalue weighted by atomic mass is 16.3. The lowest BCUT2D eigenvalue weighted by Gasteiger charge is -2.05. The molecule has 1 aromatic rings. The average Bonchev–Trinajstić information content (AvgIpc) is 2.22. The van der Waals surface area contributed by atoms with Crippen molar-refractivity contribution >= 4 is 5.91 Å². The number of rotatable bonds is 5. The Hall–Kier alpha value is -1.89. The maximum atomic E-state index is 11.5. The quantitative estimate of drug-likeness (QED) is 0.492. The molecule has 0 radical (unpaired) electrons. The molecule has 4 N–H and O–H groups in total. The molecule has 1 atom stereocenters. The van der Waals surface area contributed by atoms with E-state index in [1.165, 1.54) is 0 Å². The van der Waals surface area contributed by atoms with Gasteiger partial charge in [0.1, 0.15) is 5.69 Å². The molecule has 0 aliphatic rings. The summed E-state index contributed by atoms with van der Waals surface area (Å²) >= 11 is 0. The zero-order valence-corrected chi connectivity index (χ0v) is 9.45. The standard InChI is InChI=1S/C10H15N3O4/c1-6(14)3-2-4-11-9(16)7-5-8(15)13-10(17)12-7/h5-6,14H,2-4H2,1H3,(H,11,16)(H2,12,13,15,17). The van der Waals surface area contributed by atoms with Crippen LogP contribution in [0.2, 0.25) is 0 Å². The van der Waals surface area contributed by atoms with Gasteiger partial charge in [0.15, 0.2) is 0 Å². The number of aliphatic hydroxyl groups excluding tert-OH is 1. The lowest BCUT2D eigenvalue weighted by atomic mass is 10.2. The average molecular weight is 241 g/mol. The van der Waals surface area contributed by atoms with Gasteiger partial charge in [0.25, 0.3) is 11.5 Å². The summed E-state index contributed by atoms with van der Waals surface area (Å²) < 4.78 is 0. The van der Waals surface area contributed by atoms with Crippen molar-refractivity contribution in [3.05, 3.63) is 32.6 Å². The first-order valence-electron chi connectivity index (χ1n) is 5.29. The zero-order chi connectivity index (χ0) is 12.8. The fourth-order valence-corrected chi connectivity index (χ4v) is 1.29. The molecule has 0 saturated carbocycles. The van der Waals surface area contributed by atoms with Crippen LogP contribution in [-0.2, 0) is 0 Å². The third kappa shape index (κ3) is 4.64. The van der Waals surface area contributed by atoms with Crippen molar-refractivity contribution in [2.24, 2.45) is 0 Å². The van der Waals surface area contributed by atoms with Crippen molar-refractivity contribution in [3.63, 3.8) is 0 Å². The third-order valence-corrected chi connectivity index (χ3v) is 2.09. The van der Waals surface area contributed by atoms with Gasteiger partial charge in [0.2, 0.25) is 0 Å². The van der Waals surface area contributed by atoms with Crippen LogP contribution in [0.25, 0.3) is 0 Å². The minimum Gasteiger partial charge on any atom is -0.393 e. The molecule has 0 saturated heterocycles. The molecule has 7 heteroatoms. The van der Waals surface area contributed by atoms with Gasteiger partial charge < -0.3 is 15.4 Å². The Bertz CT molecular complexity index is 461. The highest BCUT2D eigenvalue weighted by Crippen LogP contribution is 1.94. The van der Waals surface area contributed by atoms with E-state index in [9.17, 15) is 14.4 Å². The summed E-state index contributed by atoms with van der Waals surface area (Å²) in [7, 11) is 0. The molecular weight excluding hydrogens is 226 g/mol. The van der Waals surface area contributed by atoms with Gasteiger partial charge in [0.05, 0.1) is 6.10 Å². The fourth-order valence-electron chi connectivity index (χ4n) is 1.29. The van der Waals surface area contributed by atoms with Gasteiger partial charge in [0, 0.05) is 12.6 Å². The van der Waals surface area contributed by atoms with Gasteiger partial charge in [-0.15, -0.1) is 0 Å². The van der Waals surface area contributed by atoms with Crippen LogP contribution in [0.4, 0.5) is 0 Å². The lowest BCUT2D eigenvalue weighted by Crippen LogP contribution is -2.31. The molecule has 1 rings (SSSR count). The first-order chi connectivity index (χ1) is 7.99. The van der Waals surface area contributed by atoms with Crippen LogP contribution in [0.5, 0.6) is 0 Å². The van der Waals surface area contributed by atoms with E-state index in [2.05, 4.69) is 10.3 Å². The van der Waals surface area contributed by atoms with E-state index in [0.717, 1.165) is 6.07 Å². The molecule has 0 fully saturated rings. The van der Waals surface area contributed by atoms with Crippen molar-refractivity contribution in [2.75, 3.05) is 6.54 Å². The minimum absolute atomic E-state index is 0.0733. The predicted octanol–water partition coefficient (Wildman–Crippen LogP) is -1.05. The van der Waals surface area contributed by atoms with E-state index in [0.29, 0.717) is 19.4 Å². The van der Waals surface area contributed by atoms with E-state index < -0.39 is 23.3 Å². The molecule has 0 aliphatic heterocycles. The van der Waals surface area contributed by atoms with Gasteiger partial charge in [-0.1, -0.05) is 0 Å². The summed E-state index contributed by atoms with van der Waals surface area (Å²) in [5.41, 5.74) is -1.41. The zero-order valence-electron chi connectivity index (χ0n) is 9.45. The normalized spacial score (nSPS) is 12.1. The molecule has 0 bridgehead atoms. The van der Waals surface area contributed by atoms with E-state index >= 15 is 0 Å². The Morgan fingerprint density at radius 3 is 2.76 bits per heavy atom. The molecule has 17 heavy (non-hydrogen) atoms. The van der Waals surface area contributed by atoms with Crippen molar-refractivity contribution < 1.29 is 9.90 Å². The molecule has 0 aromatic carbocycles. The van der Waals surface area contributed by atoms with Gasteiger partial charge in [-0.25, -0.2) is 4.79 Å². The van der Waals surface area contributed by atoms with Gasteiger partial charge >= 0.3 is 5.69 Å². The molecule has 0 aliphatic carbocycles. The summed E-state index contributed by atoms with van der Waals surface area (Å²) in [5.74, 6) is -0.515. The maximum Gasteiger partial charge on any atom is 0.326 e. The van der Waals surface area contributed by atoms with Crippen molar-refractivity contribution in [3.8, 4) is 0 Å². The number of aromatic nitrogens is 2. The number of hydrogen-bond acceptors (Lipinski definition) is 4. The van der Waals surface area contributed by atoms with E-state index in [1.807, 2.05) is 4.98 Å². The first kappa shape index (κ1) is 13.2. The van der Waals surface area contributed by atoms with Crippen LogP contribution in [0.3, 0.4) is 0 Å². The number of carbonyl (C=O) groups is 1. The predicted molar refractivity (Wildman–Crippen MR) is 60.9 cm³/mol. The van der Waals surface area contributed by atoms with Gasteiger partial charge in [-0.3, -0.25) is 14.6 Å². The molecule has 0 spiro atoms. The van der Waals surface area contributed by atoms with Crippen molar-refractivity contribution in [1.29, 1.82) is 0 Å². The maximum absolute atomic E-state index is 11.5. The number of aliphatic hydroxyl groups is 1. The highest BCUT2D eigenvalue weighted by Gasteiger charge is 2.07. The summed E-state index contributed by atoms with van der Waals surface area (Å²) in [5, 5.41) is 11.5. The molecular formula is C10H15N3O4. The minimum atomic E-state index is -0.716. The van der Waals surface area contributed by atoms with Crippen molar-refractivity contribution in [2.45, 2.75) is 25.9 Å². The summed E-state index contributed by atoms with van der Waals surface area (Å²) in [6.45, 7) is 2.04. The van der Waals surface area contributed by atoms with Crippen LogP contribution in [0.15, 0.2) is 15.7 Å². The Labute approximate surface area is 96.9 Å². The highest BCUT2D eigenvalue weighted by molar-refractivity contribution is 5.91. The lowest BCUT2D eigenvalue weighted by molar-refractivity contribution is 0.0944. The topological polar surface area (TPSA) is 115 Å². The number of carbonyl (C=O) groups excluding carboxylic acids is 1. The second-order valence-corrected chi connectivity index (χ2v) is 3.75. The second-order valence-electron chi connectivity index (χ2n) is 3.75. The van der Waals surface area contributed by atoms with E-state index in [1.54, 1.807) is 6.92 Å². The first-order valence-corrected chi connectivity index (χ1v) is 5.29. The Kier molecular flexibility index (Phi) is 4.65. The molecule has 1 heterocycles. The fraction of sp³-hybridized carbons (Fsp3) is 0.500. The van der Waals surface area contributed by atoms with E-state index in [4.69, 9.17) is 5.11 Å². The van der Waals surface area contributed by atoms with Crippen LogP contribution in [0.1, 0.15) is 30.3 Å². The summed E-state index contributed by atoms with van der Waals surface area (Å²) in [6, 6.07) is 1.02. The van der Waals surface area contributed by atoms with E-state index in [-0.39, 0.29) is 5.69 Å². The number of nitrogens with one attached hydrogen (secondary N) is 3. The number of aromatic amines is 2. The molecule has 7 nitrogen and oxygen atoms in total.